The third-order valence-corrected chi connectivity index (χ3v) is 30.4. The van der Waals surface area contributed by atoms with Crippen molar-refractivity contribution >= 4 is 114 Å². The Bertz CT molecular complexity index is 6090. The largest absolute Gasteiger partial charge is 0.393 e. The maximum absolute atomic E-state index is 14.5. The Morgan fingerprint density at radius 3 is 0.789 bits per heavy atom. The van der Waals surface area contributed by atoms with Gasteiger partial charge in [-0.2, -0.15) is 25.5 Å². The van der Waals surface area contributed by atoms with Crippen molar-refractivity contribution in [1.82, 2.24) is 30.4 Å². The first kappa shape index (κ1) is 111. The zero-order valence-electron chi connectivity index (χ0n) is 80.4. The molecule has 3 unspecified atom stereocenters. The van der Waals surface area contributed by atoms with Crippen molar-refractivity contribution < 1.29 is 82.5 Å². The predicted octanol–water partition coefficient (Wildman–Crippen LogP) is 20.9. The van der Waals surface area contributed by atoms with E-state index in [0.717, 1.165) is 143 Å². The van der Waals surface area contributed by atoms with Gasteiger partial charge in [-0.1, -0.05) is 259 Å². The van der Waals surface area contributed by atoms with E-state index in [1.165, 1.54) is 81.3 Å². The molecule has 15 rings (SSSR count). The minimum absolute atomic E-state index is 0.0364. The van der Waals surface area contributed by atoms with Gasteiger partial charge in [0.2, 0.25) is 17.7 Å². The highest BCUT2D eigenvalue weighted by atomic mass is 32.2. The highest BCUT2D eigenvalue weighted by molar-refractivity contribution is 8.16. The van der Waals surface area contributed by atoms with E-state index >= 15 is 0 Å². The van der Waals surface area contributed by atoms with Gasteiger partial charge in [-0.05, 0) is 217 Å². The minimum Gasteiger partial charge on any atom is -0.393 e. The highest BCUT2D eigenvalue weighted by Gasteiger charge is 2.56. The molecule has 0 spiro atoms. The van der Waals surface area contributed by atoms with E-state index in [1.807, 2.05) is 149 Å². The van der Waals surface area contributed by atoms with Crippen LogP contribution in [-0.2, 0) is 57.8 Å². The first-order valence-electron chi connectivity index (χ1n) is 45.9. The van der Waals surface area contributed by atoms with Gasteiger partial charge in [-0.25, -0.2) is 68.9 Å². The Hall–Kier alpha value is -11.3. The van der Waals surface area contributed by atoms with Crippen LogP contribution in [0.4, 0.5) is 43.9 Å². The number of amides is 5. The van der Waals surface area contributed by atoms with E-state index < -0.39 is 113 Å². The number of hydrogen-bond donors (Lipinski definition) is 5. The molecule has 7 atom stereocenters. The van der Waals surface area contributed by atoms with E-state index in [-0.39, 0.29) is 88.5 Å². The van der Waals surface area contributed by atoms with Crippen LogP contribution in [0.15, 0.2) is 268 Å². The zero-order valence-corrected chi connectivity index (χ0v) is 84.5. The van der Waals surface area contributed by atoms with Gasteiger partial charge in [-0.15, -0.1) is 0 Å². The molecular weight excluding hydrogens is 1940 g/mol. The summed E-state index contributed by atoms with van der Waals surface area (Å²) >= 11 is 6.08. The summed E-state index contributed by atoms with van der Waals surface area (Å²) in [6.07, 6.45) is 3.30. The molecule has 0 radical (unpaired) electrons. The van der Waals surface area contributed by atoms with Crippen molar-refractivity contribution in [1.29, 1.82) is 0 Å². The van der Waals surface area contributed by atoms with Crippen LogP contribution in [0.25, 0.3) is 0 Å². The van der Waals surface area contributed by atoms with Crippen LogP contribution < -0.4 is 22.5 Å². The normalized spacial score (nSPS) is 19.6. The fourth-order valence-electron chi connectivity index (χ4n) is 15.6. The van der Waals surface area contributed by atoms with E-state index in [9.17, 15) is 73.0 Å². The highest BCUT2D eigenvalue weighted by Crippen LogP contribution is 2.57. The SMILES string of the molecule is CC(C)(C)C(=O)N1N=C(c2cc(F)ccc2F)SC1(CCCN)c1ccccc1.CC(C)C(=O)N1N=C(c2cc(F)ccc2F)SC1(CCCN)c1ccccc1.CC(C)C(=O)N1N=C(c2cc(F)ccc2F)SC1(CCCN)c1ccccc1.CNCCC[C@@]1(c2ccccc2)SC(c2cc(F)ccc2F)=NN1C(=O)[C@H](C)OC.CO[C@@H](C)C(=O)N1N=C(c2cc(F)ccc2F)S[C@@]1(CO)c1ccccc1. The number of carbonyl (C=O) groups excluding carboxylic acids is 5. The molecule has 10 aromatic rings. The summed E-state index contributed by atoms with van der Waals surface area (Å²) in [5, 5.41) is 43.6. The molecule has 0 bridgehead atoms. The van der Waals surface area contributed by atoms with E-state index in [0.29, 0.717) is 70.1 Å². The van der Waals surface area contributed by atoms with Crippen LogP contribution in [0.1, 0.15) is 169 Å². The van der Waals surface area contributed by atoms with Crippen molar-refractivity contribution in [3.05, 3.63) is 356 Å². The van der Waals surface area contributed by atoms with Crippen LogP contribution in [0.3, 0.4) is 0 Å². The average molecular weight is 2050 g/mol. The summed E-state index contributed by atoms with van der Waals surface area (Å²) in [5.41, 5.74) is 20.8. The molecule has 0 aromatic heterocycles. The van der Waals surface area contributed by atoms with E-state index in [1.54, 1.807) is 71.9 Å². The summed E-state index contributed by atoms with van der Waals surface area (Å²) in [6, 6.07) is 62.9. The number of nitrogens with one attached hydrogen (secondary N) is 1. The number of thioether (sulfide) groups is 5. The van der Waals surface area contributed by atoms with E-state index in [4.69, 9.17) is 26.7 Å². The first-order valence-corrected chi connectivity index (χ1v) is 50.0. The fraction of sp³-hybridized carbons (Fsp3) is 0.333. The summed E-state index contributed by atoms with van der Waals surface area (Å²) in [5.74, 6) is -7.86. The van der Waals surface area contributed by atoms with Crippen LogP contribution in [0.2, 0.25) is 0 Å². The lowest BCUT2D eigenvalue weighted by atomic mass is 9.92. The third-order valence-electron chi connectivity index (χ3n) is 23.3. The standard InChI is InChI=1S/C22H25F2N3O2S.C22H25F2N3OS.2C21H23F2N3OS.C19H18F2N2O3S/c1-15(29-3)21(28)27-22(12-7-13-25-2,16-8-5-4-6-9-16)30-20(26-27)18-14-17(23)10-11-19(18)24;1-21(2,3)20(28)27-22(12-7-13-25,15-8-5-4-6-9-15)29-19(26-27)17-14-16(23)10-11-18(17)24;2*1-14(2)20(27)26-21(11-6-12-24,15-7-4-3-5-8-15)28-19(25-26)17-13-16(22)9-10-18(17)23;1-12(26-2)18(25)23-19(11-24,13-6-4-3-5-7-13)27-17(22-23)15-10-14(20)8-9-16(15)21/h4-6,8-11,14-15,25H,7,12-13H2,1-3H3;4-6,8-11,14H,7,12-13,25H2,1-3H3;2*3-5,7-10,13-14H,6,11-12,24H2,1-2H3;3-10,12,24H,11H2,1-2H3/t15-,22-;;;;12-,19-/m0...0/s1. The van der Waals surface area contributed by atoms with Gasteiger partial charge in [0, 0.05) is 59.3 Å². The smallest absolute Gasteiger partial charge is 0.273 e. The molecule has 5 amide bonds. The summed E-state index contributed by atoms with van der Waals surface area (Å²) < 4.78 is 151. The number of nitrogens with zero attached hydrogens (tertiary/aromatic N) is 10. The Morgan fingerprint density at radius 1 is 0.345 bits per heavy atom. The average Bonchev–Trinajstić information content (AvgIpc) is 1.64. The van der Waals surface area contributed by atoms with Gasteiger partial charge in [0.05, 0.1) is 6.61 Å². The second kappa shape index (κ2) is 49.8. The van der Waals surface area contributed by atoms with Gasteiger partial charge >= 0.3 is 0 Å². The number of benzene rings is 10. The van der Waals surface area contributed by atoms with Crippen LogP contribution in [0.5, 0.6) is 0 Å². The lowest BCUT2D eigenvalue weighted by Gasteiger charge is -2.38. The topological polar surface area (TPSA) is 292 Å². The van der Waals surface area contributed by atoms with Gasteiger partial charge in [-0.3, -0.25) is 24.0 Å². The monoisotopic (exact) mass is 2050 g/mol. The Kier molecular flexibility index (Phi) is 38.9. The molecule has 0 fully saturated rings. The molecular formula is C105H114F10N14O8S5. The molecule has 5 aliphatic rings. The molecule has 5 aliphatic heterocycles. The predicted molar refractivity (Wildman–Crippen MR) is 544 cm³/mol. The fourth-order valence-corrected chi connectivity index (χ4v) is 22.6. The molecule has 22 nitrogen and oxygen atoms in total. The number of carbonyl (C=O) groups is 5. The second-order valence-corrected chi connectivity index (χ2v) is 41.3. The number of rotatable bonds is 30. The molecule has 0 aliphatic carbocycles. The Balaban J connectivity index is 0.000000170. The van der Waals surface area contributed by atoms with Gasteiger partial charge < -0.3 is 37.1 Å². The number of halogens is 10. The quantitative estimate of drug-likeness (QED) is 0.0206. The van der Waals surface area contributed by atoms with Crippen molar-refractivity contribution in [3.63, 3.8) is 0 Å². The lowest BCUT2D eigenvalue weighted by Crippen LogP contribution is -2.47. The molecule has 10 aromatic carbocycles. The number of aliphatic hydroxyl groups excluding tert-OH is 1. The molecule has 752 valence electrons. The van der Waals surface area contributed by atoms with Crippen LogP contribution in [0, 0.1) is 75.4 Å². The second-order valence-electron chi connectivity index (χ2n) is 35.0. The number of methoxy groups -OCH3 is 2. The van der Waals surface area contributed by atoms with Gasteiger partial charge in [0.15, 0.2) is 4.87 Å². The number of nitrogens with two attached hydrogens (primary N) is 3. The number of hydrogen-bond acceptors (Lipinski definition) is 22. The first-order chi connectivity index (χ1) is 67.8. The van der Waals surface area contributed by atoms with Crippen molar-refractivity contribution in [3.8, 4) is 0 Å². The Labute approximate surface area is 841 Å². The number of hydrazone groups is 5. The summed E-state index contributed by atoms with van der Waals surface area (Å²) in [7, 11) is 4.69. The number of ether oxygens (including phenoxy) is 2. The molecule has 37 heteroatoms. The summed E-state index contributed by atoms with van der Waals surface area (Å²) in [4.78, 5) is 60.7. The van der Waals surface area contributed by atoms with Crippen molar-refractivity contribution in [2.24, 2.45) is 60.0 Å². The van der Waals surface area contributed by atoms with Crippen LogP contribution in [-0.4, -0.2) is 151 Å². The molecule has 8 N–H and O–H groups in total. The zero-order chi connectivity index (χ0) is 103. The molecule has 142 heavy (non-hydrogen) atoms. The number of aliphatic hydroxyl groups is 1. The molecule has 5 heterocycles. The van der Waals surface area contributed by atoms with Crippen molar-refractivity contribution in [2.45, 2.75) is 150 Å². The maximum atomic E-state index is 14.5. The van der Waals surface area contributed by atoms with Gasteiger partial charge in [0.1, 0.15) is 115 Å². The lowest BCUT2D eigenvalue weighted by molar-refractivity contribution is -0.146. The molecule has 0 saturated heterocycles. The molecule has 0 saturated carbocycles. The van der Waals surface area contributed by atoms with Crippen molar-refractivity contribution in [2.75, 3.05) is 54.1 Å². The Morgan fingerprint density at radius 2 is 0.563 bits per heavy atom. The minimum atomic E-state index is -1.31. The summed E-state index contributed by atoms with van der Waals surface area (Å²) in [6.45, 7) is 17.4. The maximum Gasteiger partial charge on any atom is 0.273 e. The van der Waals surface area contributed by atoms with Gasteiger partial charge in [0.25, 0.3) is 11.8 Å². The van der Waals surface area contributed by atoms with Crippen LogP contribution >= 0.6 is 58.8 Å². The third kappa shape index (κ3) is 25.2. The van der Waals surface area contributed by atoms with E-state index in [2.05, 4.69) is 30.8 Å².